The van der Waals surface area contributed by atoms with Gasteiger partial charge in [-0.15, -0.1) is 11.3 Å². The number of H-pyrrole nitrogens is 1. The number of aromatic amines is 1. The summed E-state index contributed by atoms with van der Waals surface area (Å²) in [4.78, 5) is 7.55. The standard InChI is InChI=1S/C14H15N3OS2/c1-2-18-12-5-3-4-11-13(12)16-14(19)17(11)7-6-10-8-20-9-15-10/h3-5,8-9H,2,6-7H2,1H3,(H,16,19). The van der Waals surface area contributed by atoms with Crippen molar-refractivity contribution in [3.05, 3.63) is 39.6 Å². The van der Waals surface area contributed by atoms with Crippen LogP contribution in [0.2, 0.25) is 0 Å². The summed E-state index contributed by atoms with van der Waals surface area (Å²) in [5, 5.41) is 2.07. The lowest BCUT2D eigenvalue weighted by Crippen LogP contribution is -2.01. The van der Waals surface area contributed by atoms with E-state index in [0.717, 1.165) is 40.2 Å². The van der Waals surface area contributed by atoms with Crippen LogP contribution >= 0.6 is 23.6 Å². The maximum atomic E-state index is 5.64. The van der Waals surface area contributed by atoms with Gasteiger partial charge >= 0.3 is 0 Å². The van der Waals surface area contributed by atoms with Gasteiger partial charge in [-0.05, 0) is 31.3 Å². The van der Waals surface area contributed by atoms with Crippen molar-refractivity contribution in [3.63, 3.8) is 0 Å². The first kappa shape index (κ1) is 13.3. The summed E-state index contributed by atoms with van der Waals surface area (Å²) in [6.45, 7) is 3.44. The second kappa shape index (κ2) is 5.76. The largest absolute Gasteiger partial charge is 0.492 e. The molecule has 104 valence electrons. The number of ether oxygens (including phenoxy) is 1. The number of fused-ring (bicyclic) bond motifs is 1. The Kier molecular flexibility index (Phi) is 3.84. The second-order valence-electron chi connectivity index (χ2n) is 4.39. The maximum Gasteiger partial charge on any atom is 0.178 e. The van der Waals surface area contributed by atoms with Gasteiger partial charge < -0.3 is 14.3 Å². The Balaban J connectivity index is 1.96. The lowest BCUT2D eigenvalue weighted by atomic mass is 10.3. The molecule has 0 aliphatic heterocycles. The van der Waals surface area contributed by atoms with Crippen molar-refractivity contribution in [2.24, 2.45) is 0 Å². The third-order valence-electron chi connectivity index (χ3n) is 3.15. The van der Waals surface area contributed by atoms with E-state index in [-0.39, 0.29) is 0 Å². The van der Waals surface area contributed by atoms with Gasteiger partial charge in [-0.1, -0.05) is 6.07 Å². The van der Waals surface area contributed by atoms with Gasteiger partial charge in [-0.2, -0.15) is 0 Å². The number of aromatic nitrogens is 3. The molecule has 0 saturated carbocycles. The highest BCUT2D eigenvalue weighted by Crippen LogP contribution is 2.25. The van der Waals surface area contributed by atoms with Crippen LogP contribution in [0.3, 0.4) is 0 Å². The van der Waals surface area contributed by atoms with Crippen molar-refractivity contribution in [3.8, 4) is 5.75 Å². The van der Waals surface area contributed by atoms with Gasteiger partial charge in [0.15, 0.2) is 4.77 Å². The number of hydrogen-bond donors (Lipinski definition) is 1. The SMILES string of the molecule is CCOc1cccc2c1[nH]c(=S)n2CCc1cscn1. The maximum absolute atomic E-state index is 5.64. The summed E-state index contributed by atoms with van der Waals surface area (Å²) in [5.74, 6) is 0.850. The molecule has 1 aromatic carbocycles. The quantitative estimate of drug-likeness (QED) is 0.729. The number of benzene rings is 1. The molecule has 1 N–H and O–H groups in total. The average Bonchev–Trinajstić information content (AvgIpc) is 3.05. The number of para-hydroxylation sites is 1. The molecule has 0 fully saturated rings. The summed E-state index contributed by atoms with van der Waals surface area (Å²) < 4.78 is 8.46. The summed E-state index contributed by atoms with van der Waals surface area (Å²) in [7, 11) is 0. The monoisotopic (exact) mass is 305 g/mol. The van der Waals surface area contributed by atoms with Crippen LogP contribution in [-0.4, -0.2) is 21.1 Å². The van der Waals surface area contributed by atoms with E-state index in [9.17, 15) is 0 Å². The molecule has 0 atom stereocenters. The van der Waals surface area contributed by atoms with Crippen LogP contribution in [0.5, 0.6) is 5.75 Å². The molecule has 4 nitrogen and oxygen atoms in total. The molecule has 2 aromatic heterocycles. The van der Waals surface area contributed by atoms with Gasteiger partial charge in [0.2, 0.25) is 0 Å². The van der Waals surface area contributed by atoms with Crippen molar-refractivity contribution in [2.45, 2.75) is 19.9 Å². The van der Waals surface area contributed by atoms with E-state index >= 15 is 0 Å². The van der Waals surface area contributed by atoms with E-state index in [2.05, 4.69) is 26.0 Å². The molecule has 0 saturated heterocycles. The molecule has 0 unspecified atom stereocenters. The molecule has 0 aliphatic carbocycles. The molecular weight excluding hydrogens is 290 g/mol. The molecule has 3 aromatic rings. The Morgan fingerprint density at radius 2 is 2.35 bits per heavy atom. The van der Waals surface area contributed by atoms with Crippen molar-refractivity contribution in [2.75, 3.05) is 6.61 Å². The summed E-state index contributed by atoms with van der Waals surface area (Å²) in [6.07, 6.45) is 0.879. The Bertz CT molecular complexity index is 758. The molecule has 0 radical (unpaired) electrons. The predicted molar refractivity (Wildman–Crippen MR) is 84.1 cm³/mol. The Morgan fingerprint density at radius 1 is 1.45 bits per heavy atom. The minimum Gasteiger partial charge on any atom is -0.492 e. The Morgan fingerprint density at radius 3 is 3.10 bits per heavy atom. The van der Waals surface area contributed by atoms with Crippen LogP contribution in [0.1, 0.15) is 12.6 Å². The van der Waals surface area contributed by atoms with E-state index in [1.807, 2.05) is 24.6 Å². The van der Waals surface area contributed by atoms with Crippen LogP contribution < -0.4 is 4.74 Å². The zero-order chi connectivity index (χ0) is 13.9. The lowest BCUT2D eigenvalue weighted by molar-refractivity contribution is 0.343. The fraction of sp³-hybridized carbons (Fsp3) is 0.286. The highest BCUT2D eigenvalue weighted by Gasteiger charge is 2.09. The highest BCUT2D eigenvalue weighted by molar-refractivity contribution is 7.71. The van der Waals surface area contributed by atoms with Crippen LogP contribution in [0, 0.1) is 4.77 Å². The summed E-state index contributed by atoms with van der Waals surface area (Å²) in [5.41, 5.74) is 5.01. The minimum atomic E-state index is 0.643. The third kappa shape index (κ3) is 2.48. The molecular formula is C14H15N3OS2. The fourth-order valence-electron chi connectivity index (χ4n) is 2.24. The lowest BCUT2D eigenvalue weighted by Gasteiger charge is -2.05. The third-order valence-corrected chi connectivity index (χ3v) is 4.10. The van der Waals surface area contributed by atoms with E-state index in [1.165, 1.54) is 0 Å². The molecule has 2 heterocycles. The van der Waals surface area contributed by atoms with Gasteiger partial charge in [-0.25, -0.2) is 4.98 Å². The highest BCUT2D eigenvalue weighted by atomic mass is 32.1. The number of nitrogens with zero attached hydrogens (tertiary/aromatic N) is 2. The van der Waals surface area contributed by atoms with Crippen molar-refractivity contribution < 1.29 is 4.74 Å². The zero-order valence-corrected chi connectivity index (χ0v) is 12.8. The number of thiazole rings is 1. The molecule has 6 heteroatoms. The zero-order valence-electron chi connectivity index (χ0n) is 11.1. The minimum absolute atomic E-state index is 0.643. The van der Waals surface area contributed by atoms with Crippen LogP contribution in [0.4, 0.5) is 0 Å². The van der Waals surface area contributed by atoms with Gasteiger partial charge in [-0.3, -0.25) is 0 Å². The molecule has 0 spiro atoms. The van der Waals surface area contributed by atoms with Crippen LogP contribution in [-0.2, 0) is 13.0 Å². The van der Waals surface area contributed by atoms with E-state index in [1.54, 1.807) is 11.3 Å². The molecule has 0 amide bonds. The summed E-state index contributed by atoms with van der Waals surface area (Å²) in [6, 6.07) is 6.02. The van der Waals surface area contributed by atoms with Gasteiger partial charge in [0.05, 0.1) is 23.3 Å². The van der Waals surface area contributed by atoms with Crippen LogP contribution in [0.15, 0.2) is 29.1 Å². The van der Waals surface area contributed by atoms with Crippen molar-refractivity contribution in [1.29, 1.82) is 0 Å². The van der Waals surface area contributed by atoms with Gasteiger partial charge in [0, 0.05) is 18.3 Å². The normalized spacial score (nSPS) is 11.1. The Hall–Kier alpha value is -1.66. The number of imidazole rings is 1. The number of nitrogens with one attached hydrogen (secondary N) is 1. The van der Waals surface area contributed by atoms with Gasteiger partial charge in [0.1, 0.15) is 11.3 Å². The van der Waals surface area contributed by atoms with Gasteiger partial charge in [0.25, 0.3) is 0 Å². The topological polar surface area (TPSA) is 42.8 Å². The predicted octanol–water partition coefficient (Wildman–Crippen LogP) is 3.80. The van der Waals surface area contributed by atoms with Crippen LogP contribution in [0.25, 0.3) is 11.0 Å². The first-order chi connectivity index (χ1) is 9.79. The van der Waals surface area contributed by atoms with E-state index in [4.69, 9.17) is 17.0 Å². The van der Waals surface area contributed by atoms with E-state index in [0.29, 0.717) is 6.61 Å². The number of rotatable bonds is 5. The fourth-order valence-corrected chi connectivity index (χ4v) is 3.12. The summed E-state index contributed by atoms with van der Waals surface area (Å²) >= 11 is 7.05. The second-order valence-corrected chi connectivity index (χ2v) is 5.50. The first-order valence-corrected chi connectivity index (χ1v) is 7.86. The van der Waals surface area contributed by atoms with Crippen molar-refractivity contribution in [1.82, 2.24) is 14.5 Å². The molecule has 20 heavy (non-hydrogen) atoms. The molecule has 0 aliphatic rings. The number of aryl methyl sites for hydroxylation is 2. The first-order valence-electron chi connectivity index (χ1n) is 6.51. The number of hydrogen-bond acceptors (Lipinski definition) is 4. The van der Waals surface area contributed by atoms with Crippen molar-refractivity contribution >= 4 is 34.6 Å². The molecule has 0 bridgehead atoms. The average molecular weight is 305 g/mol. The Labute approximate surface area is 126 Å². The van der Waals surface area contributed by atoms with E-state index < -0.39 is 0 Å². The smallest absolute Gasteiger partial charge is 0.178 e. The molecule has 3 rings (SSSR count).